The Bertz CT molecular complexity index is 310. The first-order chi connectivity index (χ1) is 7.07. The highest BCUT2D eigenvalue weighted by atomic mass is 16.5. The number of ether oxygens (including phenoxy) is 1. The SMILES string of the molecule is COCc1cccc(CC(C)(N)CO)c1. The number of hydrogen-bond acceptors (Lipinski definition) is 3. The summed E-state index contributed by atoms with van der Waals surface area (Å²) < 4.78 is 5.06. The number of benzene rings is 1. The van der Waals surface area contributed by atoms with Crippen molar-refractivity contribution in [1.29, 1.82) is 0 Å². The van der Waals surface area contributed by atoms with Crippen molar-refractivity contribution in [1.82, 2.24) is 0 Å². The molecule has 3 N–H and O–H groups in total. The van der Waals surface area contributed by atoms with Crippen molar-refractivity contribution in [3.8, 4) is 0 Å². The van der Waals surface area contributed by atoms with Gasteiger partial charge in [0.2, 0.25) is 0 Å². The van der Waals surface area contributed by atoms with Crippen molar-refractivity contribution in [3.63, 3.8) is 0 Å². The molecule has 0 aromatic heterocycles. The van der Waals surface area contributed by atoms with Crippen LogP contribution in [0.2, 0.25) is 0 Å². The molecule has 0 saturated heterocycles. The van der Waals surface area contributed by atoms with E-state index >= 15 is 0 Å². The average molecular weight is 209 g/mol. The van der Waals surface area contributed by atoms with Gasteiger partial charge in [-0.05, 0) is 24.5 Å². The summed E-state index contributed by atoms with van der Waals surface area (Å²) >= 11 is 0. The van der Waals surface area contributed by atoms with Gasteiger partial charge in [-0.1, -0.05) is 24.3 Å². The first-order valence-corrected chi connectivity index (χ1v) is 5.04. The van der Waals surface area contributed by atoms with Crippen molar-refractivity contribution in [3.05, 3.63) is 35.4 Å². The van der Waals surface area contributed by atoms with Gasteiger partial charge in [0.05, 0.1) is 13.2 Å². The van der Waals surface area contributed by atoms with Crippen LogP contribution in [0.15, 0.2) is 24.3 Å². The van der Waals surface area contributed by atoms with E-state index in [0.717, 1.165) is 11.1 Å². The largest absolute Gasteiger partial charge is 0.394 e. The summed E-state index contributed by atoms with van der Waals surface area (Å²) in [7, 11) is 1.67. The second kappa shape index (κ2) is 5.26. The molecule has 1 unspecified atom stereocenters. The third kappa shape index (κ3) is 4.00. The van der Waals surface area contributed by atoms with E-state index in [1.165, 1.54) is 0 Å². The summed E-state index contributed by atoms with van der Waals surface area (Å²) in [5, 5.41) is 9.08. The quantitative estimate of drug-likeness (QED) is 0.763. The molecule has 1 aromatic carbocycles. The maximum absolute atomic E-state index is 9.08. The van der Waals surface area contributed by atoms with Gasteiger partial charge in [0.25, 0.3) is 0 Å². The molecule has 0 aliphatic heterocycles. The average Bonchev–Trinajstić information content (AvgIpc) is 2.18. The fourth-order valence-electron chi connectivity index (χ4n) is 1.52. The predicted molar refractivity (Wildman–Crippen MR) is 60.5 cm³/mol. The lowest BCUT2D eigenvalue weighted by atomic mass is 9.94. The van der Waals surface area contributed by atoms with Crippen LogP contribution in [0.3, 0.4) is 0 Å². The van der Waals surface area contributed by atoms with Gasteiger partial charge in [0, 0.05) is 12.6 Å². The van der Waals surface area contributed by atoms with Gasteiger partial charge in [0.1, 0.15) is 0 Å². The molecule has 3 nitrogen and oxygen atoms in total. The van der Waals surface area contributed by atoms with Gasteiger partial charge in [-0.25, -0.2) is 0 Å². The van der Waals surface area contributed by atoms with Crippen LogP contribution in [0.1, 0.15) is 18.1 Å². The fraction of sp³-hybridized carbons (Fsp3) is 0.500. The highest BCUT2D eigenvalue weighted by Gasteiger charge is 2.17. The zero-order chi connectivity index (χ0) is 11.3. The van der Waals surface area contributed by atoms with Crippen molar-refractivity contribution in [2.75, 3.05) is 13.7 Å². The molecular formula is C12H19NO2. The number of methoxy groups -OCH3 is 1. The molecule has 0 heterocycles. The third-order valence-electron chi connectivity index (χ3n) is 2.27. The maximum atomic E-state index is 9.08. The zero-order valence-corrected chi connectivity index (χ0v) is 9.36. The number of aliphatic hydroxyl groups excluding tert-OH is 1. The first kappa shape index (κ1) is 12.2. The van der Waals surface area contributed by atoms with Gasteiger partial charge in [0.15, 0.2) is 0 Å². The monoisotopic (exact) mass is 209 g/mol. The smallest absolute Gasteiger partial charge is 0.0713 e. The van der Waals surface area contributed by atoms with E-state index < -0.39 is 5.54 Å². The number of hydrogen-bond donors (Lipinski definition) is 2. The molecule has 1 atom stereocenters. The Hall–Kier alpha value is -0.900. The van der Waals surface area contributed by atoms with Crippen LogP contribution in [0, 0.1) is 0 Å². The highest BCUT2D eigenvalue weighted by molar-refractivity contribution is 5.24. The van der Waals surface area contributed by atoms with Gasteiger partial charge >= 0.3 is 0 Å². The van der Waals surface area contributed by atoms with Gasteiger partial charge in [-0.2, -0.15) is 0 Å². The van der Waals surface area contributed by atoms with Gasteiger partial charge in [-0.15, -0.1) is 0 Å². The van der Waals surface area contributed by atoms with E-state index in [9.17, 15) is 0 Å². The zero-order valence-electron chi connectivity index (χ0n) is 9.36. The molecule has 0 aliphatic carbocycles. The van der Waals surface area contributed by atoms with E-state index in [-0.39, 0.29) is 6.61 Å². The van der Waals surface area contributed by atoms with Crippen molar-refractivity contribution >= 4 is 0 Å². The summed E-state index contributed by atoms with van der Waals surface area (Å²) in [5.41, 5.74) is 7.60. The Labute approximate surface area is 90.9 Å². The minimum absolute atomic E-state index is 0.0124. The fourth-order valence-corrected chi connectivity index (χ4v) is 1.52. The molecule has 0 amide bonds. The molecule has 0 fully saturated rings. The summed E-state index contributed by atoms with van der Waals surface area (Å²) in [4.78, 5) is 0. The van der Waals surface area contributed by atoms with Crippen molar-refractivity contribution < 1.29 is 9.84 Å². The van der Waals surface area contributed by atoms with Crippen LogP contribution in [-0.2, 0) is 17.8 Å². The van der Waals surface area contributed by atoms with Crippen molar-refractivity contribution in [2.24, 2.45) is 5.73 Å². The second-order valence-corrected chi connectivity index (χ2v) is 4.24. The Balaban J connectivity index is 2.73. The van der Waals surface area contributed by atoms with E-state index in [0.29, 0.717) is 13.0 Å². The van der Waals surface area contributed by atoms with Gasteiger partial charge in [-0.3, -0.25) is 0 Å². The summed E-state index contributed by atoms with van der Waals surface area (Å²) in [6.45, 7) is 2.44. The normalized spacial score (nSPS) is 14.9. The molecule has 1 aromatic rings. The molecule has 3 heteroatoms. The first-order valence-electron chi connectivity index (χ1n) is 5.04. The van der Waals surface area contributed by atoms with E-state index in [2.05, 4.69) is 6.07 Å². The summed E-state index contributed by atoms with van der Waals surface area (Å²) in [5.74, 6) is 0. The van der Waals surface area contributed by atoms with Crippen LogP contribution >= 0.6 is 0 Å². The Morgan fingerprint density at radius 3 is 2.67 bits per heavy atom. The standard InChI is InChI=1S/C12H19NO2/c1-12(13,9-14)7-10-4-3-5-11(6-10)8-15-2/h3-6,14H,7-9,13H2,1-2H3. The Kier molecular flexibility index (Phi) is 4.27. The molecule has 0 saturated carbocycles. The van der Waals surface area contributed by atoms with Crippen LogP contribution in [0.25, 0.3) is 0 Å². The van der Waals surface area contributed by atoms with E-state index in [1.54, 1.807) is 7.11 Å². The van der Waals surface area contributed by atoms with Crippen molar-refractivity contribution in [2.45, 2.75) is 25.5 Å². The van der Waals surface area contributed by atoms with Crippen LogP contribution in [0.4, 0.5) is 0 Å². The molecule has 0 radical (unpaired) electrons. The second-order valence-electron chi connectivity index (χ2n) is 4.24. The molecule has 0 aliphatic rings. The molecule has 1 rings (SSSR count). The van der Waals surface area contributed by atoms with Gasteiger partial charge < -0.3 is 15.6 Å². The number of aliphatic hydroxyl groups is 1. The molecule has 84 valence electrons. The molecule has 15 heavy (non-hydrogen) atoms. The lowest BCUT2D eigenvalue weighted by Gasteiger charge is -2.21. The number of nitrogens with two attached hydrogens (primary N) is 1. The lowest BCUT2D eigenvalue weighted by Crippen LogP contribution is -2.42. The Morgan fingerprint density at radius 1 is 1.40 bits per heavy atom. The predicted octanol–water partition coefficient (Wildman–Crippen LogP) is 1.09. The highest BCUT2D eigenvalue weighted by Crippen LogP contribution is 2.12. The third-order valence-corrected chi connectivity index (χ3v) is 2.27. The van der Waals surface area contributed by atoms with Crippen LogP contribution in [-0.4, -0.2) is 24.4 Å². The Morgan fingerprint density at radius 2 is 2.07 bits per heavy atom. The van der Waals surface area contributed by atoms with Crippen LogP contribution in [0.5, 0.6) is 0 Å². The van der Waals surface area contributed by atoms with E-state index in [4.69, 9.17) is 15.6 Å². The van der Waals surface area contributed by atoms with Crippen LogP contribution < -0.4 is 5.73 Å². The van der Waals surface area contributed by atoms with E-state index in [1.807, 2.05) is 25.1 Å². The lowest BCUT2D eigenvalue weighted by molar-refractivity contribution is 0.184. The maximum Gasteiger partial charge on any atom is 0.0713 e. The minimum atomic E-state index is -0.550. The molecular weight excluding hydrogens is 190 g/mol. The molecule has 0 spiro atoms. The topological polar surface area (TPSA) is 55.5 Å². The number of rotatable bonds is 5. The molecule has 0 bridgehead atoms. The summed E-state index contributed by atoms with van der Waals surface area (Å²) in [6.07, 6.45) is 0.668. The summed E-state index contributed by atoms with van der Waals surface area (Å²) in [6, 6.07) is 8.07. The minimum Gasteiger partial charge on any atom is -0.394 e.